The lowest BCUT2D eigenvalue weighted by atomic mass is 9.94. The molecule has 210 valence electrons. The molecule has 3 aromatic carbocycles. The van der Waals surface area contributed by atoms with Crippen LogP contribution in [0.15, 0.2) is 66.2 Å². The Bertz CT molecular complexity index is 1420. The van der Waals surface area contributed by atoms with Crippen LogP contribution in [-0.4, -0.2) is 68.0 Å². The van der Waals surface area contributed by atoms with Crippen molar-refractivity contribution in [1.29, 1.82) is 0 Å². The minimum absolute atomic E-state index is 0.0253. The molecule has 1 aliphatic rings. The van der Waals surface area contributed by atoms with Crippen LogP contribution in [0, 0.1) is 0 Å². The third-order valence-electron chi connectivity index (χ3n) is 6.57. The Kier molecular flexibility index (Phi) is 9.25. The first kappa shape index (κ1) is 29.3. The smallest absolute Gasteiger partial charge is 0.295 e. The van der Waals surface area contributed by atoms with Crippen LogP contribution in [0.2, 0.25) is 10.0 Å². The predicted molar refractivity (Wildman–Crippen MR) is 154 cm³/mol. The average Bonchev–Trinajstić information content (AvgIpc) is 3.20. The molecule has 1 heterocycles. The highest BCUT2D eigenvalue weighted by Crippen LogP contribution is 2.47. The summed E-state index contributed by atoms with van der Waals surface area (Å²) in [6.07, 6.45) is 0. The maximum atomic E-state index is 13.4. The molecule has 1 saturated heterocycles. The summed E-state index contributed by atoms with van der Waals surface area (Å²) in [6, 6.07) is 17.4. The predicted octanol–water partition coefficient (Wildman–Crippen LogP) is 5.57. The molecule has 10 heteroatoms. The van der Waals surface area contributed by atoms with E-state index in [1.807, 2.05) is 49.3 Å². The number of methoxy groups -OCH3 is 2. The Hall–Kier alpha value is -3.72. The molecule has 0 aromatic heterocycles. The average molecular weight is 585 g/mol. The van der Waals surface area contributed by atoms with E-state index in [9.17, 15) is 14.7 Å². The second-order valence-electron chi connectivity index (χ2n) is 9.43. The lowest BCUT2D eigenvalue weighted by Gasteiger charge is -2.27. The Balaban J connectivity index is 1.78. The van der Waals surface area contributed by atoms with Crippen molar-refractivity contribution in [3.05, 3.63) is 93.0 Å². The minimum atomic E-state index is -0.868. The van der Waals surface area contributed by atoms with Gasteiger partial charge in [0.25, 0.3) is 11.7 Å². The number of likely N-dealkylation sites (N-methyl/N-ethyl adjacent to an activating group) is 1. The zero-order valence-corrected chi connectivity index (χ0v) is 24.1. The van der Waals surface area contributed by atoms with Crippen molar-refractivity contribution in [1.82, 2.24) is 9.80 Å². The van der Waals surface area contributed by atoms with E-state index in [0.29, 0.717) is 24.5 Å². The van der Waals surface area contributed by atoms with Crippen LogP contribution in [-0.2, 0) is 16.2 Å². The van der Waals surface area contributed by atoms with Crippen molar-refractivity contribution in [2.45, 2.75) is 12.6 Å². The van der Waals surface area contributed by atoms with Gasteiger partial charge in [0.15, 0.2) is 11.5 Å². The summed E-state index contributed by atoms with van der Waals surface area (Å²) in [5.41, 5.74) is 1.61. The maximum Gasteiger partial charge on any atom is 0.295 e. The van der Waals surface area contributed by atoms with Crippen LogP contribution in [0.5, 0.6) is 17.2 Å². The SMILES string of the molecule is COc1c(Cl)cc(/C(O)=C2\C(=O)C(=O)N(CCN(C)C)C2c2ccc(OCc3ccccc3)cc2)c(OC)c1Cl. The topological polar surface area (TPSA) is 88.5 Å². The van der Waals surface area contributed by atoms with E-state index >= 15 is 0 Å². The summed E-state index contributed by atoms with van der Waals surface area (Å²) < 4.78 is 16.6. The molecule has 1 unspecified atom stereocenters. The molecule has 1 N–H and O–H groups in total. The Labute approximate surface area is 243 Å². The van der Waals surface area contributed by atoms with E-state index in [0.717, 1.165) is 5.56 Å². The third-order valence-corrected chi connectivity index (χ3v) is 7.19. The highest BCUT2D eigenvalue weighted by molar-refractivity contribution is 6.47. The molecule has 3 aromatic rings. The van der Waals surface area contributed by atoms with Gasteiger partial charge in [-0.2, -0.15) is 0 Å². The van der Waals surface area contributed by atoms with Gasteiger partial charge in [0.1, 0.15) is 23.1 Å². The van der Waals surface area contributed by atoms with Gasteiger partial charge >= 0.3 is 0 Å². The number of likely N-dealkylation sites (tertiary alicyclic amines) is 1. The number of ether oxygens (including phenoxy) is 3. The molecule has 1 aliphatic heterocycles. The summed E-state index contributed by atoms with van der Waals surface area (Å²) in [4.78, 5) is 30.0. The molecule has 40 heavy (non-hydrogen) atoms. The first-order chi connectivity index (χ1) is 19.2. The van der Waals surface area contributed by atoms with E-state index < -0.39 is 23.5 Å². The number of aliphatic hydroxyl groups excluding tert-OH is 1. The number of benzene rings is 3. The van der Waals surface area contributed by atoms with Gasteiger partial charge in [-0.3, -0.25) is 9.59 Å². The summed E-state index contributed by atoms with van der Waals surface area (Å²) in [5, 5.41) is 11.7. The van der Waals surface area contributed by atoms with Crippen molar-refractivity contribution in [3.8, 4) is 17.2 Å². The number of hydrogen-bond donors (Lipinski definition) is 1. The van der Waals surface area contributed by atoms with Crippen molar-refractivity contribution in [2.24, 2.45) is 0 Å². The number of aliphatic hydroxyl groups is 1. The monoisotopic (exact) mass is 584 g/mol. The van der Waals surface area contributed by atoms with Crippen molar-refractivity contribution in [2.75, 3.05) is 41.4 Å². The van der Waals surface area contributed by atoms with E-state index in [2.05, 4.69) is 0 Å². The van der Waals surface area contributed by atoms with E-state index in [1.165, 1.54) is 25.2 Å². The zero-order chi connectivity index (χ0) is 29.0. The van der Waals surface area contributed by atoms with Crippen molar-refractivity contribution in [3.63, 3.8) is 0 Å². The fraction of sp³-hybridized carbons (Fsp3) is 0.267. The highest BCUT2D eigenvalue weighted by Gasteiger charge is 2.46. The van der Waals surface area contributed by atoms with Gasteiger partial charge in [0.2, 0.25) is 0 Å². The summed E-state index contributed by atoms with van der Waals surface area (Å²) in [6.45, 7) is 1.15. The standard InChI is InChI=1S/C30H30Cl2N2O6/c1-33(2)14-15-34-25(19-10-12-20(13-11-19)40-17-18-8-6-5-7-9-18)23(27(36)30(34)37)26(35)21-16-22(31)29(39-4)24(32)28(21)38-3/h5-13,16,25,35H,14-15,17H2,1-4H3/b26-23+. The number of carbonyl (C=O) groups is 2. The van der Waals surface area contributed by atoms with Gasteiger partial charge in [-0.05, 0) is 43.4 Å². The van der Waals surface area contributed by atoms with Gasteiger partial charge in [0.05, 0.1) is 36.4 Å². The molecule has 0 bridgehead atoms. The summed E-state index contributed by atoms with van der Waals surface area (Å²) >= 11 is 12.8. The fourth-order valence-electron chi connectivity index (χ4n) is 4.54. The van der Waals surface area contributed by atoms with Crippen LogP contribution in [0.3, 0.4) is 0 Å². The number of halogens is 2. The van der Waals surface area contributed by atoms with E-state index in [-0.39, 0.29) is 39.2 Å². The lowest BCUT2D eigenvalue weighted by Crippen LogP contribution is -2.35. The fourth-order valence-corrected chi connectivity index (χ4v) is 5.23. The Morgan fingerprint density at radius 2 is 1.62 bits per heavy atom. The normalized spacial score (nSPS) is 16.5. The quantitative estimate of drug-likeness (QED) is 0.189. The third kappa shape index (κ3) is 5.89. The van der Waals surface area contributed by atoms with Crippen LogP contribution >= 0.6 is 23.2 Å². The Morgan fingerprint density at radius 3 is 2.23 bits per heavy atom. The largest absolute Gasteiger partial charge is 0.507 e. The van der Waals surface area contributed by atoms with Gasteiger partial charge in [0, 0.05) is 13.1 Å². The first-order valence-corrected chi connectivity index (χ1v) is 13.2. The number of amides is 1. The summed E-state index contributed by atoms with van der Waals surface area (Å²) in [7, 11) is 6.51. The molecule has 1 atom stereocenters. The number of hydrogen-bond acceptors (Lipinski definition) is 7. The first-order valence-electron chi connectivity index (χ1n) is 12.5. The van der Waals surface area contributed by atoms with Crippen molar-refractivity contribution < 1.29 is 28.9 Å². The highest BCUT2D eigenvalue weighted by atomic mass is 35.5. The zero-order valence-electron chi connectivity index (χ0n) is 22.6. The number of nitrogens with zero attached hydrogens (tertiary/aromatic N) is 2. The molecular weight excluding hydrogens is 555 g/mol. The Morgan fingerprint density at radius 1 is 0.975 bits per heavy atom. The molecule has 0 radical (unpaired) electrons. The van der Waals surface area contributed by atoms with Crippen molar-refractivity contribution >= 4 is 40.7 Å². The number of Topliss-reactive ketones (excluding diaryl/α,β-unsaturated/α-hetero) is 1. The van der Waals surface area contributed by atoms with Crippen LogP contribution in [0.25, 0.3) is 5.76 Å². The van der Waals surface area contributed by atoms with Gasteiger partial charge in [-0.25, -0.2) is 0 Å². The summed E-state index contributed by atoms with van der Waals surface area (Å²) in [5.74, 6) is -1.16. The second kappa shape index (κ2) is 12.6. The van der Waals surface area contributed by atoms with Gasteiger partial charge in [-0.15, -0.1) is 0 Å². The molecule has 1 amide bonds. The molecule has 0 aliphatic carbocycles. The van der Waals surface area contributed by atoms with E-state index in [4.69, 9.17) is 37.4 Å². The van der Waals surface area contributed by atoms with Crippen LogP contribution in [0.1, 0.15) is 22.7 Å². The second-order valence-corrected chi connectivity index (χ2v) is 10.2. The van der Waals surface area contributed by atoms with E-state index in [1.54, 1.807) is 24.3 Å². The minimum Gasteiger partial charge on any atom is -0.507 e. The maximum absolute atomic E-state index is 13.4. The van der Waals surface area contributed by atoms with Gasteiger partial charge < -0.3 is 29.1 Å². The number of ketones is 1. The molecule has 4 rings (SSSR count). The molecule has 0 spiro atoms. The lowest BCUT2D eigenvalue weighted by molar-refractivity contribution is -0.140. The molecule has 8 nitrogen and oxygen atoms in total. The number of carbonyl (C=O) groups excluding carboxylic acids is 2. The van der Waals surface area contributed by atoms with Gasteiger partial charge in [-0.1, -0.05) is 65.7 Å². The molecule has 0 saturated carbocycles. The van der Waals surface area contributed by atoms with Crippen LogP contribution in [0.4, 0.5) is 0 Å². The molecular formula is C30H30Cl2N2O6. The number of rotatable bonds is 10. The van der Waals surface area contributed by atoms with Crippen LogP contribution < -0.4 is 14.2 Å². The molecule has 1 fully saturated rings.